The zero-order valence-electron chi connectivity index (χ0n) is 17.8. The zero-order chi connectivity index (χ0) is 21.8. The molecule has 0 bridgehead atoms. The number of hydrogen-bond acceptors (Lipinski definition) is 5. The van der Waals surface area contributed by atoms with Crippen molar-refractivity contribution in [2.45, 2.75) is 25.9 Å². The molecule has 2 atom stereocenters. The topological polar surface area (TPSA) is 63.5 Å². The predicted molar refractivity (Wildman–Crippen MR) is 121 cm³/mol. The molecule has 0 aliphatic heterocycles. The van der Waals surface area contributed by atoms with Gasteiger partial charge in [-0.3, -0.25) is 0 Å². The number of aromatic nitrogens is 3. The van der Waals surface area contributed by atoms with E-state index in [0.717, 1.165) is 28.2 Å². The number of benzene rings is 2. The summed E-state index contributed by atoms with van der Waals surface area (Å²) in [5.74, 6) is 1.25. The van der Waals surface area contributed by atoms with E-state index < -0.39 is 0 Å². The summed E-state index contributed by atoms with van der Waals surface area (Å²) in [6, 6.07) is 18.4. The SMILES string of the molecule is CNC(C)COc1ccc(-c2cnc3ccc(N[C@H](C)c4cccc(F)c4)nn23)cc1. The first kappa shape index (κ1) is 20.8. The monoisotopic (exact) mass is 419 g/mol. The van der Waals surface area contributed by atoms with E-state index >= 15 is 0 Å². The quantitative estimate of drug-likeness (QED) is 0.434. The van der Waals surface area contributed by atoms with Gasteiger partial charge in [0.1, 0.15) is 24.0 Å². The van der Waals surface area contributed by atoms with Crippen molar-refractivity contribution in [1.82, 2.24) is 19.9 Å². The Hall–Kier alpha value is -3.45. The molecule has 0 aliphatic rings. The highest BCUT2D eigenvalue weighted by Crippen LogP contribution is 2.25. The number of anilines is 1. The summed E-state index contributed by atoms with van der Waals surface area (Å²) >= 11 is 0. The molecule has 0 saturated carbocycles. The third-order valence-corrected chi connectivity index (χ3v) is 5.22. The van der Waals surface area contributed by atoms with Gasteiger partial charge in [0.05, 0.1) is 17.9 Å². The molecule has 7 heteroatoms. The van der Waals surface area contributed by atoms with E-state index in [0.29, 0.717) is 12.4 Å². The Kier molecular flexibility index (Phi) is 6.13. The van der Waals surface area contributed by atoms with Gasteiger partial charge in [0.15, 0.2) is 5.65 Å². The molecule has 4 rings (SSSR count). The van der Waals surface area contributed by atoms with E-state index in [1.165, 1.54) is 12.1 Å². The molecule has 2 aromatic carbocycles. The van der Waals surface area contributed by atoms with E-state index in [1.807, 2.05) is 56.4 Å². The Labute approximate surface area is 181 Å². The van der Waals surface area contributed by atoms with Crippen LogP contribution in [0.3, 0.4) is 0 Å². The second kappa shape index (κ2) is 9.14. The minimum atomic E-state index is -0.251. The average Bonchev–Trinajstić information content (AvgIpc) is 3.21. The molecule has 2 aromatic heterocycles. The summed E-state index contributed by atoms with van der Waals surface area (Å²) in [6.45, 7) is 4.65. The predicted octanol–water partition coefficient (Wildman–Crippen LogP) is 4.70. The van der Waals surface area contributed by atoms with Crippen molar-refractivity contribution in [3.05, 3.63) is 78.2 Å². The number of nitrogens with zero attached hydrogens (tertiary/aromatic N) is 3. The van der Waals surface area contributed by atoms with Crippen molar-refractivity contribution in [1.29, 1.82) is 0 Å². The standard InChI is InChI=1S/C24H26FN5O/c1-16(26-3)15-31-21-9-7-18(8-10-21)22-14-27-24-12-11-23(29-30(22)24)28-17(2)19-5-4-6-20(25)13-19/h4-14,16-17,26H,15H2,1-3H3,(H,28,29)/t16?,17-/m1/s1. The Bertz CT molecular complexity index is 1160. The van der Waals surface area contributed by atoms with Gasteiger partial charge < -0.3 is 15.4 Å². The van der Waals surface area contributed by atoms with Crippen LogP contribution in [-0.4, -0.2) is 34.3 Å². The van der Waals surface area contributed by atoms with Crippen LogP contribution in [0.4, 0.5) is 10.2 Å². The first-order valence-electron chi connectivity index (χ1n) is 10.3. The molecule has 0 amide bonds. The number of imidazole rings is 1. The van der Waals surface area contributed by atoms with Crippen LogP contribution in [-0.2, 0) is 0 Å². The lowest BCUT2D eigenvalue weighted by atomic mass is 10.1. The smallest absolute Gasteiger partial charge is 0.154 e. The first-order valence-corrected chi connectivity index (χ1v) is 10.3. The molecular weight excluding hydrogens is 393 g/mol. The molecule has 2 heterocycles. The fourth-order valence-electron chi connectivity index (χ4n) is 3.25. The number of rotatable bonds is 8. The molecule has 0 radical (unpaired) electrons. The highest BCUT2D eigenvalue weighted by molar-refractivity contribution is 5.64. The molecule has 31 heavy (non-hydrogen) atoms. The van der Waals surface area contributed by atoms with E-state index in [2.05, 4.69) is 22.5 Å². The van der Waals surface area contributed by atoms with Crippen LogP contribution in [0, 0.1) is 5.82 Å². The summed E-state index contributed by atoms with van der Waals surface area (Å²) in [5, 5.41) is 11.2. The van der Waals surface area contributed by atoms with Gasteiger partial charge in [-0.1, -0.05) is 12.1 Å². The van der Waals surface area contributed by atoms with Crippen LogP contribution >= 0.6 is 0 Å². The number of halogens is 1. The average molecular weight is 420 g/mol. The van der Waals surface area contributed by atoms with E-state index in [1.54, 1.807) is 16.8 Å². The lowest BCUT2D eigenvalue weighted by molar-refractivity contribution is 0.280. The summed E-state index contributed by atoms with van der Waals surface area (Å²) in [4.78, 5) is 4.46. The first-order chi connectivity index (χ1) is 15.0. The summed E-state index contributed by atoms with van der Waals surface area (Å²) < 4.78 is 21.1. The van der Waals surface area contributed by atoms with E-state index in [9.17, 15) is 4.39 Å². The normalized spacial score (nSPS) is 13.2. The molecule has 160 valence electrons. The molecule has 1 unspecified atom stereocenters. The molecule has 0 spiro atoms. The second-order valence-electron chi connectivity index (χ2n) is 7.58. The van der Waals surface area contributed by atoms with E-state index in [-0.39, 0.29) is 17.9 Å². The van der Waals surface area contributed by atoms with Crippen molar-refractivity contribution in [2.24, 2.45) is 0 Å². The largest absolute Gasteiger partial charge is 0.492 e. The maximum Gasteiger partial charge on any atom is 0.154 e. The molecular formula is C24H26FN5O. The van der Waals surface area contributed by atoms with Gasteiger partial charge in [-0.25, -0.2) is 13.9 Å². The number of ether oxygens (including phenoxy) is 1. The summed E-state index contributed by atoms with van der Waals surface area (Å²) in [7, 11) is 1.91. The van der Waals surface area contributed by atoms with Gasteiger partial charge in [-0.15, -0.1) is 5.10 Å². The van der Waals surface area contributed by atoms with Crippen LogP contribution in [0.1, 0.15) is 25.5 Å². The minimum Gasteiger partial charge on any atom is -0.492 e. The van der Waals surface area contributed by atoms with E-state index in [4.69, 9.17) is 9.84 Å². The molecule has 2 N–H and O–H groups in total. The van der Waals surface area contributed by atoms with Crippen LogP contribution < -0.4 is 15.4 Å². The van der Waals surface area contributed by atoms with Gasteiger partial charge >= 0.3 is 0 Å². The number of nitrogens with one attached hydrogen (secondary N) is 2. The summed E-state index contributed by atoms with van der Waals surface area (Å²) in [6.07, 6.45) is 1.81. The number of hydrogen-bond donors (Lipinski definition) is 2. The number of fused-ring (bicyclic) bond motifs is 1. The van der Waals surface area contributed by atoms with Crippen molar-refractivity contribution in [2.75, 3.05) is 19.0 Å². The highest BCUT2D eigenvalue weighted by Gasteiger charge is 2.11. The minimum absolute atomic E-state index is 0.0935. The Morgan fingerprint density at radius 2 is 1.87 bits per heavy atom. The molecule has 4 aromatic rings. The zero-order valence-corrected chi connectivity index (χ0v) is 17.8. The molecule has 0 saturated heterocycles. The maximum absolute atomic E-state index is 13.5. The Morgan fingerprint density at radius 3 is 2.61 bits per heavy atom. The van der Waals surface area contributed by atoms with Gasteiger partial charge in [-0.2, -0.15) is 0 Å². The second-order valence-corrected chi connectivity index (χ2v) is 7.58. The van der Waals surface area contributed by atoms with Crippen LogP contribution in [0.15, 0.2) is 66.9 Å². The fraction of sp³-hybridized carbons (Fsp3) is 0.250. The third kappa shape index (κ3) is 4.83. The van der Waals surface area contributed by atoms with Gasteiger partial charge in [0.2, 0.25) is 0 Å². The van der Waals surface area contributed by atoms with Gasteiger partial charge in [0.25, 0.3) is 0 Å². The Morgan fingerprint density at radius 1 is 1.06 bits per heavy atom. The highest BCUT2D eigenvalue weighted by atomic mass is 19.1. The van der Waals surface area contributed by atoms with Crippen molar-refractivity contribution in [3.8, 4) is 17.0 Å². The molecule has 6 nitrogen and oxygen atoms in total. The molecule has 0 aliphatic carbocycles. The lowest BCUT2D eigenvalue weighted by Gasteiger charge is -2.15. The van der Waals surface area contributed by atoms with Crippen molar-refractivity contribution in [3.63, 3.8) is 0 Å². The van der Waals surface area contributed by atoms with Gasteiger partial charge in [0, 0.05) is 11.6 Å². The number of likely N-dealkylation sites (N-methyl/N-ethyl adjacent to an activating group) is 1. The van der Waals surface area contributed by atoms with Crippen LogP contribution in [0.2, 0.25) is 0 Å². The lowest BCUT2D eigenvalue weighted by Crippen LogP contribution is -2.28. The third-order valence-electron chi connectivity index (χ3n) is 5.22. The van der Waals surface area contributed by atoms with Gasteiger partial charge in [-0.05, 0) is 75.0 Å². The Balaban J connectivity index is 1.54. The fourth-order valence-corrected chi connectivity index (χ4v) is 3.25. The van der Waals surface area contributed by atoms with Crippen LogP contribution in [0.25, 0.3) is 16.9 Å². The summed E-state index contributed by atoms with van der Waals surface area (Å²) in [5.41, 5.74) is 3.48. The van der Waals surface area contributed by atoms with Crippen LogP contribution in [0.5, 0.6) is 5.75 Å². The molecule has 0 fully saturated rings. The maximum atomic E-state index is 13.5. The van der Waals surface area contributed by atoms with Crippen molar-refractivity contribution < 1.29 is 9.13 Å². The van der Waals surface area contributed by atoms with Crippen molar-refractivity contribution >= 4 is 11.5 Å².